The van der Waals surface area contributed by atoms with Crippen LogP contribution in [-0.2, 0) is 9.53 Å². The van der Waals surface area contributed by atoms with Crippen LogP contribution in [0, 0.1) is 0 Å². The molecular formula is C36H66O2. The summed E-state index contributed by atoms with van der Waals surface area (Å²) in [5.74, 6) is 0.00660. The third kappa shape index (κ3) is 32.7. The van der Waals surface area contributed by atoms with E-state index in [2.05, 4.69) is 50.3 Å². The van der Waals surface area contributed by atoms with Crippen LogP contribution in [0.25, 0.3) is 0 Å². The Morgan fingerprint density at radius 3 is 1.42 bits per heavy atom. The zero-order chi connectivity index (χ0) is 27.6. The van der Waals surface area contributed by atoms with Crippen molar-refractivity contribution in [1.82, 2.24) is 0 Å². The van der Waals surface area contributed by atoms with E-state index in [0.717, 1.165) is 38.5 Å². The van der Waals surface area contributed by atoms with Crippen molar-refractivity contribution in [1.29, 1.82) is 0 Å². The van der Waals surface area contributed by atoms with Crippen LogP contribution in [0.15, 0.2) is 36.5 Å². The van der Waals surface area contributed by atoms with E-state index in [1.54, 1.807) is 0 Å². The molecule has 0 aliphatic heterocycles. The highest BCUT2D eigenvalue weighted by molar-refractivity contribution is 5.69. The number of ether oxygens (including phenoxy) is 1. The quantitative estimate of drug-likeness (QED) is 0.0524. The van der Waals surface area contributed by atoms with Gasteiger partial charge in [-0.25, -0.2) is 0 Å². The fraction of sp³-hybridized carbons (Fsp3) is 0.806. The molecule has 0 rings (SSSR count). The first-order valence-electron chi connectivity index (χ1n) is 16.9. The van der Waals surface area contributed by atoms with Crippen molar-refractivity contribution < 1.29 is 9.53 Å². The molecule has 0 aromatic heterocycles. The van der Waals surface area contributed by atoms with Crippen molar-refractivity contribution in [3.05, 3.63) is 36.5 Å². The van der Waals surface area contributed by atoms with Gasteiger partial charge in [0.05, 0.1) is 6.61 Å². The molecule has 0 heterocycles. The minimum absolute atomic E-state index is 0.00660. The molecule has 0 radical (unpaired) electrons. The van der Waals surface area contributed by atoms with Crippen molar-refractivity contribution in [2.24, 2.45) is 0 Å². The van der Waals surface area contributed by atoms with Crippen molar-refractivity contribution in [2.75, 3.05) is 6.61 Å². The lowest BCUT2D eigenvalue weighted by Crippen LogP contribution is -2.05. The van der Waals surface area contributed by atoms with Crippen molar-refractivity contribution in [3.8, 4) is 0 Å². The Morgan fingerprint density at radius 1 is 0.474 bits per heavy atom. The van der Waals surface area contributed by atoms with Crippen LogP contribution in [-0.4, -0.2) is 12.6 Å². The summed E-state index contributed by atoms with van der Waals surface area (Å²) in [5.41, 5.74) is 0. The monoisotopic (exact) mass is 531 g/mol. The van der Waals surface area contributed by atoms with Crippen molar-refractivity contribution in [3.63, 3.8) is 0 Å². The second-order valence-corrected chi connectivity index (χ2v) is 11.1. The van der Waals surface area contributed by atoms with Crippen LogP contribution >= 0.6 is 0 Å². The summed E-state index contributed by atoms with van der Waals surface area (Å²) in [7, 11) is 0. The lowest BCUT2D eigenvalue weighted by molar-refractivity contribution is -0.143. The number of allylic oxidation sites excluding steroid dienone is 6. The zero-order valence-electron chi connectivity index (χ0n) is 25.9. The molecule has 2 heteroatoms. The van der Waals surface area contributed by atoms with E-state index >= 15 is 0 Å². The maximum atomic E-state index is 11.9. The second-order valence-electron chi connectivity index (χ2n) is 11.1. The van der Waals surface area contributed by atoms with Gasteiger partial charge in [-0.2, -0.15) is 0 Å². The first kappa shape index (κ1) is 36.7. The smallest absolute Gasteiger partial charge is 0.305 e. The largest absolute Gasteiger partial charge is 0.466 e. The van der Waals surface area contributed by atoms with Gasteiger partial charge >= 0.3 is 5.97 Å². The summed E-state index contributed by atoms with van der Waals surface area (Å²) in [6.07, 6.45) is 46.3. The van der Waals surface area contributed by atoms with Gasteiger partial charge in [-0.3, -0.25) is 4.79 Å². The molecule has 0 saturated carbocycles. The Bertz CT molecular complexity index is 546. The van der Waals surface area contributed by atoms with E-state index in [1.807, 2.05) is 0 Å². The first-order valence-corrected chi connectivity index (χ1v) is 16.9. The van der Waals surface area contributed by atoms with E-state index in [9.17, 15) is 4.79 Å². The van der Waals surface area contributed by atoms with Crippen LogP contribution in [0.5, 0.6) is 0 Å². The van der Waals surface area contributed by atoms with E-state index < -0.39 is 0 Å². The van der Waals surface area contributed by atoms with Crippen LogP contribution in [0.2, 0.25) is 0 Å². The lowest BCUT2D eigenvalue weighted by Gasteiger charge is -2.05. The average molecular weight is 531 g/mol. The number of carbonyl (C=O) groups excluding carboxylic acids is 1. The van der Waals surface area contributed by atoms with E-state index in [1.165, 1.54) is 122 Å². The Labute approximate surface area is 239 Å². The second kappa shape index (κ2) is 33.7. The molecule has 0 aliphatic carbocycles. The van der Waals surface area contributed by atoms with Gasteiger partial charge in [0.25, 0.3) is 0 Å². The Balaban J connectivity index is 3.23. The van der Waals surface area contributed by atoms with Gasteiger partial charge in [-0.05, 0) is 44.9 Å². The predicted octanol–water partition coefficient (Wildman–Crippen LogP) is 12.4. The minimum atomic E-state index is 0.00660. The summed E-state index contributed by atoms with van der Waals surface area (Å²) in [5, 5.41) is 0. The number of carbonyl (C=O) groups is 1. The normalized spacial score (nSPS) is 11.9. The van der Waals surface area contributed by atoms with Crippen LogP contribution < -0.4 is 0 Å². The summed E-state index contributed by atoms with van der Waals surface area (Å²) < 4.78 is 5.42. The number of unbranched alkanes of at least 4 members (excludes halogenated alkanes) is 20. The highest BCUT2D eigenvalue weighted by Gasteiger charge is 2.02. The Hall–Kier alpha value is -1.31. The van der Waals surface area contributed by atoms with Gasteiger partial charge in [0.1, 0.15) is 0 Å². The van der Waals surface area contributed by atoms with Gasteiger partial charge in [0.2, 0.25) is 0 Å². The molecule has 0 aromatic carbocycles. The summed E-state index contributed by atoms with van der Waals surface area (Å²) in [6, 6.07) is 0. The number of hydrogen-bond donors (Lipinski definition) is 0. The van der Waals surface area contributed by atoms with Crippen LogP contribution in [0.1, 0.15) is 181 Å². The SMILES string of the molecule is CCC=CCC=CCC=CCCCCCCCC(=O)OCCCCCCCCCCCCCCCCCC. The summed E-state index contributed by atoms with van der Waals surface area (Å²) in [4.78, 5) is 11.9. The molecule has 38 heavy (non-hydrogen) atoms. The van der Waals surface area contributed by atoms with Gasteiger partial charge in [-0.1, -0.05) is 166 Å². The average Bonchev–Trinajstić information content (AvgIpc) is 2.92. The molecule has 0 atom stereocenters. The minimum Gasteiger partial charge on any atom is -0.466 e. The van der Waals surface area contributed by atoms with E-state index in [4.69, 9.17) is 4.74 Å². The molecule has 0 aliphatic rings. The maximum Gasteiger partial charge on any atom is 0.305 e. The third-order valence-electron chi connectivity index (χ3n) is 7.29. The molecule has 0 bridgehead atoms. The number of rotatable bonds is 30. The molecule has 0 unspecified atom stereocenters. The van der Waals surface area contributed by atoms with E-state index in [0.29, 0.717) is 13.0 Å². The lowest BCUT2D eigenvalue weighted by atomic mass is 10.0. The molecule has 0 amide bonds. The highest BCUT2D eigenvalue weighted by atomic mass is 16.5. The van der Waals surface area contributed by atoms with Crippen molar-refractivity contribution >= 4 is 5.97 Å². The summed E-state index contributed by atoms with van der Waals surface area (Å²) in [6.45, 7) is 5.07. The molecule has 222 valence electrons. The van der Waals surface area contributed by atoms with Gasteiger partial charge in [0.15, 0.2) is 0 Å². The molecule has 0 N–H and O–H groups in total. The topological polar surface area (TPSA) is 26.3 Å². The van der Waals surface area contributed by atoms with Crippen molar-refractivity contribution in [2.45, 2.75) is 181 Å². The van der Waals surface area contributed by atoms with Crippen LogP contribution in [0.4, 0.5) is 0 Å². The molecule has 0 fully saturated rings. The fourth-order valence-electron chi connectivity index (χ4n) is 4.80. The molecule has 0 saturated heterocycles. The zero-order valence-corrected chi connectivity index (χ0v) is 25.9. The standard InChI is InChI=1S/C36H66O2/c1-3-5-7-9-11-13-15-17-19-21-23-25-27-29-31-33-35-38-36(37)34-32-30-28-26-24-22-20-18-16-14-12-10-8-6-4-2/h6,8,12,14,18,20H,3-5,7,9-11,13,15-17,19,21-35H2,1-2H3. The fourth-order valence-corrected chi connectivity index (χ4v) is 4.80. The predicted molar refractivity (Wildman–Crippen MR) is 170 cm³/mol. The Kier molecular flexibility index (Phi) is 32.6. The van der Waals surface area contributed by atoms with Gasteiger partial charge < -0.3 is 4.74 Å². The third-order valence-corrected chi connectivity index (χ3v) is 7.29. The van der Waals surface area contributed by atoms with Crippen LogP contribution in [0.3, 0.4) is 0 Å². The van der Waals surface area contributed by atoms with E-state index in [-0.39, 0.29) is 5.97 Å². The molecular weight excluding hydrogens is 464 g/mol. The molecule has 0 spiro atoms. The van der Waals surface area contributed by atoms with Gasteiger partial charge in [0, 0.05) is 6.42 Å². The molecule has 2 nitrogen and oxygen atoms in total. The maximum absolute atomic E-state index is 11.9. The van der Waals surface area contributed by atoms with Gasteiger partial charge in [-0.15, -0.1) is 0 Å². The first-order chi connectivity index (χ1) is 18.8. The number of hydrogen-bond acceptors (Lipinski definition) is 2. The molecule has 0 aromatic rings. The number of esters is 1. The Morgan fingerprint density at radius 2 is 0.895 bits per heavy atom. The highest BCUT2D eigenvalue weighted by Crippen LogP contribution is 2.14. The summed E-state index contributed by atoms with van der Waals surface area (Å²) >= 11 is 0.